The molecule has 1 unspecified atom stereocenters. The highest BCUT2D eigenvalue weighted by Crippen LogP contribution is 2.26. The molecular weight excluding hydrogens is 270 g/mol. The Balaban J connectivity index is 1.90. The number of nitrogens with two attached hydrogens (primary N) is 1. The van der Waals surface area contributed by atoms with Crippen molar-refractivity contribution < 1.29 is 0 Å². The Bertz CT molecular complexity index is 387. The summed E-state index contributed by atoms with van der Waals surface area (Å²) in [6, 6.07) is 0.304. The van der Waals surface area contributed by atoms with Crippen LogP contribution in [0.3, 0.4) is 0 Å². The van der Waals surface area contributed by atoms with Crippen LogP contribution in [0.25, 0.3) is 0 Å². The summed E-state index contributed by atoms with van der Waals surface area (Å²) in [4.78, 5) is 4.40. The smallest absolute Gasteiger partial charge is 0.138 e. The Morgan fingerprint density at radius 1 is 1.45 bits per heavy atom. The molecule has 5 nitrogen and oxygen atoms in total. The standard InChI is InChI=1S/C14H27N5S/c1-11(2)9-19-14(16-10-17-19)8-13(18-15)7-12-3-5-20-6-4-12/h10-13,18H,3-9,15H2,1-2H3. The highest BCUT2D eigenvalue weighted by atomic mass is 32.2. The SMILES string of the molecule is CC(C)Cn1ncnc1CC(CC1CCSCC1)NN. The average molecular weight is 297 g/mol. The lowest BCUT2D eigenvalue weighted by molar-refractivity contribution is 0.355. The Morgan fingerprint density at radius 2 is 2.20 bits per heavy atom. The first-order chi connectivity index (χ1) is 9.69. The molecule has 1 aliphatic heterocycles. The number of nitrogens with zero attached hydrogens (tertiary/aromatic N) is 3. The van der Waals surface area contributed by atoms with Crippen molar-refractivity contribution in [2.45, 2.75) is 52.1 Å². The molecule has 1 aromatic rings. The number of hydrogen-bond donors (Lipinski definition) is 2. The summed E-state index contributed by atoms with van der Waals surface area (Å²) in [5, 5.41) is 4.32. The molecule has 1 fully saturated rings. The van der Waals surface area contributed by atoms with Crippen LogP contribution < -0.4 is 11.3 Å². The largest absolute Gasteiger partial charge is 0.271 e. The van der Waals surface area contributed by atoms with Crippen molar-refractivity contribution in [2.75, 3.05) is 11.5 Å². The maximum Gasteiger partial charge on any atom is 0.138 e. The van der Waals surface area contributed by atoms with Crippen molar-refractivity contribution in [3.05, 3.63) is 12.2 Å². The summed E-state index contributed by atoms with van der Waals surface area (Å²) in [6.45, 7) is 5.32. The number of rotatable bonds is 7. The summed E-state index contributed by atoms with van der Waals surface area (Å²) in [6.07, 6.45) is 6.31. The fourth-order valence-corrected chi connectivity index (χ4v) is 3.96. The molecule has 1 atom stereocenters. The van der Waals surface area contributed by atoms with E-state index in [9.17, 15) is 0 Å². The molecule has 6 heteroatoms. The maximum atomic E-state index is 5.75. The van der Waals surface area contributed by atoms with E-state index in [2.05, 4.69) is 41.1 Å². The van der Waals surface area contributed by atoms with Gasteiger partial charge in [-0.25, -0.2) is 9.67 Å². The van der Waals surface area contributed by atoms with Gasteiger partial charge in [-0.15, -0.1) is 0 Å². The van der Waals surface area contributed by atoms with E-state index in [-0.39, 0.29) is 0 Å². The Labute approximate surface area is 126 Å². The van der Waals surface area contributed by atoms with Gasteiger partial charge < -0.3 is 0 Å². The van der Waals surface area contributed by atoms with Gasteiger partial charge in [0.25, 0.3) is 0 Å². The van der Waals surface area contributed by atoms with Crippen LogP contribution in [0.4, 0.5) is 0 Å². The van der Waals surface area contributed by atoms with Crippen molar-refractivity contribution in [3.8, 4) is 0 Å². The predicted octanol–water partition coefficient (Wildman–Crippen LogP) is 1.84. The highest BCUT2D eigenvalue weighted by molar-refractivity contribution is 7.99. The fraction of sp³-hybridized carbons (Fsp3) is 0.857. The molecule has 0 aromatic carbocycles. The van der Waals surface area contributed by atoms with E-state index in [4.69, 9.17) is 5.84 Å². The molecule has 1 aromatic heterocycles. The Hall–Kier alpha value is -0.590. The van der Waals surface area contributed by atoms with Crippen LogP contribution >= 0.6 is 11.8 Å². The summed E-state index contributed by atoms with van der Waals surface area (Å²) >= 11 is 2.07. The minimum Gasteiger partial charge on any atom is -0.271 e. The Morgan fingerprint density at radius 3 is 2.85 bits per heavy atom. The van der Waals surface area contributed by atoms with Gasteiger partial charge in [-0.2, -0.15) is 16.9 Å². The van der Waals surface area contributed by atoms with Crippen LogP contribution in [0.1, 0.15) is 38.9 Å². The summed E-state index contributed by atoms with van der Waals surface area (Å²) in [7, 11) is 0. The van der Waals surface area contributed by atoms with Crippen LogP contribution in [-0.2, 0) is 13.0 Å². The number of nitrogens with one attached hydrogen (secondary N) is 1. The summed E-state index contributed by atoms with van der Waals surface area (Å²) < 4.78 is 2.02. The maximum absolute atomic E-state index is 5.75. The van der Waals surface area contributed by atoms with Crippen LogP contribution in [0.2, 0.25) is 0 Å². The molecule has 0 radical (unpaired) electrons. The zero-order valence-electron chi connectivity index (χ0n) is 12.6. The molecule has 2 rings (SSSR count). The first-order valence-electron chi connectivity index (χ1n) is 7.59. The van der Waals surface area contributed by atoms with Crippen LogP contribution in [0, 0.1) is 11.8 Å². The van der Waals surface area contributed by atoms with Crippen LogP contribution in [-0.4, -0.2) is 32.3 Å². The van der Waals surface area contributed by atoms with Gasteiger partial charge in [0.2, 0.25) is 0 Å². The van der Waals surface area contributed by atoms with Crippen molar-refractivity contribution in [2.24, 2.45) is 17.7 Å². The second-order valence-corrected chi connectivity index (χ2v) is 7.34. The van der Waals surface area contributed by atoms with Gasteiger partial charge in [0.05, 0.1) is 0 Å². The lowest BCUT2D eigenvalue weighted by atomic mass is 9.93. The van der Waals surface area contributed by atoms with Crippen molar-refractivity contribution in [1.29, 1.82) is 0 Å². The molecule has 0 spiro atoms. The minimum absolute atomic E-state index is 0.304. The monoisotopic (exact) mass is 297 g/mol. The van der Waals surface area contributed by atoms with Gasteiger partial charge in [-0.05, 0) is 42.6 Å². The van der Waals surface area contributed by atoms with Crippen molar-refractivity contribution >= 4 is 11.8 Å². The van der Waals surface area contributed by atoms with Gasteiger partial charge in [0.1, 0.15) is 12.2 Å². The topological polar surface area (TPSA) is 68.8 Å². The van der Waals surface area contributed by atoms with Crippen LogP contribution in [0.5, 0.6) is 0 Å². The normalized spacial score (nSPS) is 18.6. The molecule has 2 heterocycles. The van der Waals surface area contributed by atoms with Crippen LogP contribution in [0.15, 0.2) is 6.33 Å². The predicted molar refractivity (Wildman–Crippen MR) is 84.3 cm³/mol. The number of hydrogen-bond acceptors (Lipinski definition) is 5. The molecular formula is C14H27N5S. The number of hydrazine groups is 1. The molecule has 0 bridgehead atoms. The first kappa shape index (κ1) is 15.8. The van der Waals surface area contributed by atoms with E-state index >= 15 is 0 Å². The summed E-state index contributed by atoms with van der Waals surface area (Å²) in [5.74, 6) is 10.8. The molecule has 1 aliphatic rings. The fourth-order valence-electron chi connectivity index (χ4n) is 2.76. The van der Waals surface area contributed by atoms with Gasteiger partial charge >= 0.3 is 0 Å². The van der Waals surface area contributed by atoms with E-state index in [1.807, 2.05) is 4.68 Å². The number of aromatic nitrogens is 3. The van der Waals surface area contributed by atoms with E-state index in [0.29, 0.717) is 12.0 Å². The summed E-state index contributed by atoms with van der Waals surface area (Å²) in [5.41, 5.74) is 2.98. The van der Waals surface area contributed by atoms with Gasteiger partial charge in [0, 0.05) is 19.0 Å². The van der Waals surface area contributed by atoms with Gasteiger partial charge in [-0.3, -0.25) is 11.3 Å². The molecule has 1 saturated heterocycles. The first-order valence-corrected chi connectivity index (χ1v) is 8.75. The van der Waals surface area contributed by atoms with Gasteiger partial charge in [-0.1, -0.05) is 13.8 Å². The van der Waals surface area contributed by atoms with E-state index in [1.165, 1.54) is 24.3 Å². The second-order valence-electron chi connectivity index (χ2n) is 6.11. The van der Waals surface area contributed by atoms with E-state index < -0.39 is 0 Å². The third kappa shape index (κ3) is 4.75. The highest BCUT2D eigenvalue weighted by Gasteiger charge is 2.20. The molecule has 0 aliphatic carbocycles. The third-order valence-electron chi connectivity index (χ3n) is 3.86. The van der Waals surface area contributed by atoms with E-state index in [1.54, 1.807) is 6.33 Å². The quantitative estimate of drug-likeness (QED) is 0.594. The lowest BCUT2D eigenvalue weighted by Crippen LogP contribution is -2.39. The molecule has 20 heavy (non-hydrogen) atoms. The van der Waals surface area contributed by atoms with Gasteiger partial charge in [0.15, 0.2) is 0 Å². The zero-order valence-corrected chi connectivity index (χ0v) is 13.4. The van der Waals surface area contributed by atoms with Crippen molar-refractivity contribution in [3.63, 3.8) is 0 Å². The third-order valence-corrected chi connectivity index (χ3v) is 4.91. The molecule has 0 amide bonds. The van der Waals surface area contributed by atoms with E-state index in [0.717, 1.165) is 31.1 Å². The zero-order chi connectivity index (χ0) is 14.4. The van der Waals surface area contributed by atoms with Crippen molar-refractivity contribution in [1.82, 2.24) is 20.2 Å². The lowest BCUT2D eigenvalue weighted by Gasteiger charge is -2.25. The molecule has 114 valence electrons. The molecule has 3 N–H and O–H groups in total. The Kier molecular flexibility index (Phi) is 6.32. The average Bonchev–Trinajstić information content (AvgIpc) is 2.85. The minimum atomic E-state index is 0.304. The number of thioether (sulfide) groups is 1. The second kappa shape index (κ2) is 8.00. The molecule has 0 saturated carbocycles.